The van der Waals surface area contributed by atoms with Gasteiger partial charge in [0.1, 0.15) is 49.4 Å². The number of amides is 2. The second kappa shape index (κ2) is 17.6. The zero-order valence-corrected chi connectivity index (χ0v) is 25.2. The molecule has 0 saturated heterocycles. The third kappa shape index (κ3) is 9.76. The predicted octanol–water partition coefficient (Wildman–Crippen LogP) is 6.52. The molecule has 8 nitrogen and oxygen atoms in total. The summed E-state index contributed by atoms with van der Waals surface area (Å²) in [6.07, 6.45) is 3.90. The van der Waals surface area contributed by atoms with Crippen LogP contribution in [0.4, 0.5) is 0 Å². The van der Waals surface area contributed by atoms with E-state index in [4.69, 9.17) is 18.9 Å². The van der Waals surface area contributed by atoms with E-state index in [1.807, 2.05) is 60.7 Å². The molecule has 0 saturated carbocycles. The van der Waals surface area contributed by atoms with E-state index in [1.165, 1.54) is 0 Å². The molecular weight excluding hydrogens is 568 g/mol. The largest absolute Gasteiger partial charge is 0.489 e. The first-order valence-corrected chi connectivity index (χ1v) is 14.7. The molecule has 0 aliphatic rings. The lowest BCUT2D eigenvalue weighted by atomic mass is 10.1. The fourth-order valence-electron chi connectivity index (χ4n) is 4.38. The van der Waals surface area contributed by atoms with Gasteiger partial charge < -0.3 is 29.6 Å². The molecule has 0 atom stereocenters. The molecule has 0 aliphatic carbocycles. The normalized spacial score (nSPS) is 10.3. The molecule has 0 heterocycles. The number of para-hydroxylation sites is 4. The fourth-order valence-corrected chi connectivity index (χ4v) is 4.38. The zero-order chi connectivity index (χ0) is 31.7. The highest BCUT2D eigenvalue weighted by atomic mass is 16.5. The lowest BCUT2D eigenvalue weighted by molar-refractivity contribution is 0.0947. The molecule has 4 aromatic rings. The van der Waals surface area contributed by atoms with Gasteiger partial charge in [-0.15, -0.1) is 0 Å². The highest BCUT2D eigenvalue weighted by molar-refractivity contribution is 5.97. The molecule has 45 heavy (non-hydrogen) atoms. The van der Waals surface area contributed by atoms with Crippen molar-refractivity contribution in [2.75, 3.05) is 26.3 Å². The van der Waals surface area contributed by atoms with Crippen LogP contribution in [0.5, 0.6) is 23.0 Å². The summed E-state index contributed by atoms with van der Waals surface area (Å²) < 4.78 is 23.4. The zero-order valence-electron chi connectivity index (χ0n) is 25.2. The van der Waals surface area contributed by atoms with Gasteiger partial charge in [0, 0.05) is 24.2 Å². The SMILES string of the molecule is C=CCOc1ccccc1COc1ccccc1C(=O)NCCCNC(=O)c1ccccc1OCc1ccccc1OCC=C. The van der Waals surface area contributed by atoms with Crippen molar-refractivity contribution in [3.05, 3.63) is 145 Å². The average Bonchev–Trinajstić information content (AvgIpc) is 3.08. The molecule has 232 valence electrons. The summed E-state index contributed by atoms with van der Waals surface area (Å²) >= 11 is 0. The van der Waals surface area contributed by atoms with Gasteiger partial charge in [0.2, 0.25) is 0 Å². The molecule has 4 aromatic carbocycles. The number of benzene rings is 4. The standard InChI is InChI=1S/C37H38N2O6/c1-3-24-42-32-18-9-5-14-28(32)26-44-34-20-11-7-16-30(34)36(40)38-22-13-23-39-37(41)31-17-8-12-21-35(31)45-27-29-15-6-10-19-33(29)43-25-4-2/h3-12,14-21H,1-2,13,22-27H2,(H,38,40)(H,39,41). The van der Waals surface area contributed by atoms with Gasteiger partial charge in [-0.25, -0.2) is 0 Å². The van der Waals surface area contributed by atoms with E-state index in [0.29, 0.717) is 66.8 Å². The fraction of sp³-hybridized carbons (Fsp3) is 0.189. The Kier molecular flexibility index (Phi) is 12.7. The summed E-state index contributed by atoms with van der Waals surface area (Å²) in [5, 5.41) is 5.82. The van der Waals surface area contributed by atoms with E-state index in [9.17, 15) is 9.59 Å². The van der Waals surface area contributed by atoms with Crippen molar-refractivity contribution in [1.29, 1.82) is 0 Å². The predicted molar refractivity (Wildman–Crippen MR) is 175 cm³/mol. The minimum atomic E-state index is -0.260. The van der Waals surface area contributed by atoms with Crippen LogP contribution in [0.1, 0.15) is 38.3 Å². The first kappa shape index (κ1) is 32.4. The van der Waals surface area contributed by atoms with E-state index in [-0.39, 0.29) is 25.0 Å². The van der Waals surface area contributed by atoms with E-state index in [2.05, 4.69) is 23.8 Å². The molecule has 0 aliphatic heterocycles. The number of rotatable bonds is 18. The Morgan fingerprint density at radius 2 is 0.911 bits per heavy atom. The molecule has 0 radical (unpaired) electrons. The summed E-state index contributed by atoms with van der Waals surface area (Å²) in [7, 11) is 0. The van der Waals surface area contributed by atoms with Crippen molar-refractivity contribution in [2.24, 2.45) is 0 Å². The summed E-state index contributed by atoms with van der Waals surface area (Å²) in [6, 6.07) is 29.3. The van der Waals surface area contributed by atoms with Crippen LogP contribution in [0.2, 0.25) is 0 Å². The Morgan fingerprint density at radius 1 is 0.533 bits per heavy atom. The molecule has 0 spiro atoms. The second-order valence-electron chi connectivity index (χ2n) is 9.85. The molecule has 2 amide bonds. The van der Waals surface area contributed by atoms with Gasteiger partial charge >= 0.3 is 0 Å². The lowest BCUT2D eigenvalue weighted by Crippen LogP contribution is -2.30. The molecule has 0 fully saturated rings. The van der Waals surface area contributed by atoms with E-state index in [1.54, 1.807) is 48.6 Å². The molecule has 2 N–H and O–H groups in total. The van der Waals surface area contributed by atoms with Gasteiger partial charge in [0.25, 0.3) is 11.8 Å². The van der Waals surface area contributed by atoms with Gasteiger partial charge in [0.05, 0.1) is 11.1 Å². The van der Waals surface area contributed by atoms with Gasteiger partial charge in [-0.3, -0.25) is 9.59 Å². The summed E-state index contributed by atoms with van der Waals surface area (Å²) in [5.41, 5.74) is 2.57. The van der Waals surface area contributed by atoms with Crippen molar-refractivity contribution in [2.45, 2.75) is 19.6 Å². The molecule has 8 heteroatoms. The van der Waals surface area contributed by atoms with Gasteiger partial charge in [0.15, 0.2) is 0 Å². The van der Waals surface area contributed by atoms with Crippen LogP contribution in [0.15, 0.2) is 122 Å². The first-order valence-electron chi connectivity index (χ1n) is 14.7. The van der Waals surface area contributed by atoms with Crippen LogP contribution in [-0.2, 0) is 13.2 Å². The maximum atomic E-state index is 13.0. The van der Waals surface area contributed by atoms with Crippen molar-refractivity contribution in [1.82, 2.24) is 10.6 Å². The maximum absolute atomic E-state index is 13.0. The van der Waals surface area contributed by atoms with Crippen LogP contribution in [-0.4, -0.2) is 38.1 Å². The summed E-state index contributed by atoms with van der Waals surface area (Å²) in [6.45, 7) is 9.36. The molecule has 0 unspecified atom stereocenters. The number of nitrogens with one attached hydrogen (secondary N) is 2. The van der Waals surface area contributed by atoms with Crippen LogP contribution >= 0.6 is 0 Å². The smallest absolute Gasteiger partial charge is 0.255 e. The molecule has 0 bridgehead atoms. The topological polar surface area (TPSA) is 95.1 Å². The molecule has 0 aromatic heterocycles. The Hall–Kier alpha value is -5.50. The van der Waals surface area contributed by atoms with Crippen molar-refractivity contribution >= 4 is 11.8 Å². The van der Waals surface area contributed by atoms with E-state index >= 15 is 0 Å². The summed E-state index contributed by atoms with van der Waals surface area (Å²) in [5.74, 6) is 1.82. The Labute approximate surface area is 264 Å². The average molecular weight is 607 g/mol. The van der Waals surface area contributed by atoms with Gasteiger partial charge in [-0.05, 0) is 42.8 Å². The third-order valence-electron chi connectivity index (χ3n) is 6.61. The highest BCUT2D eigenvalue weighted by Crippen LogP contribution is 2.25. The van der Waals surface area contributed by atoms with Gasteiger partial charge in [-0.2, -0.15) is 0 Å². The molecule has 4 rings (SSSR count). The molecular formula is C37H38N2O6. The van der Waals surface area contributed by atoms with E-state index in [0.717, 1.165) is 11.1 Å². The quantitative estimate of drug-likeness (QED) is 0.0989. The number of carbonyl (C=O) groups excluding carboxylic acids is 2. The Morgan fingerprint density at radius 3 is 1.33 bits per heavy atom. The number of ether oxygens (including phenoxy) is 4. The van der Waals surface area contributed by atoms with Crippen LogP contribution < -0.4 is 29.6 Å². The van der Waals surface area contributed by atoms with Crippen LogP contribution in [0.3, 0.4) is 0 Å². The Bertz CT molecular complexity index is 1470. The van der Waals surface area contributed by atoms with Crippen LogP contribution in [0, 0.1) is 0 Å². The summed E-state index contributed by atoms with van der Waals surface area (Å²) in [4.78, 5) is 25.9. The van der Waals surface area contributed by atoms with Crippen LogP contribution in [0.25, 0.3) is 0 Å². The number of hydrogen-bond donors (Lipinski definition) is 2. The second-order valence-corrected chi connectivity index (χ2v) is 9.85. The number of hydrogen-bond acceptors (Lipinski definition) is 6. The van der Waals surface area contributed by atoms with Gasteiger partial charge in [-0.1, -0.05) is 86.0 Å². The lowest BCUT2D eigenvalue weighted by Gasteiger charge is -2.15. The monoisotopic (exact) mass is 606 g/mol. The minimum Gasteiger partial charge on any atom is -0.489 e. The minimum absolute atomic E-state index is 0.241. The van der Waals surface area contributed by atoms with Crippen molar-refractivity contribution in [3.63, 3.8) is 0 Å². The van der Waals surface area contributed by atoms with Crippen molar-refractivity contribution < 1.29 is 28.5 Å². The van der Waals surface area contributed by atoms with E-state index < -0.39 is 0 Å². The maximum Gasteiger partial charge on any atom is 0.255 e. The third-order valence-corrected chi connectivity index (χ3v) is 6.61. The highest BCUT2D eigenvalue weighted by Gasteiger charge is 2.15. The number of carbonyl (C=O) groups is 2. The van der Waals surface area contributed by atoms with Crippen molar-refractivity contribution in [3.8, 4) is 23.0 Å². The first-order chi connectivity index (χ1) is 22.1. The Balaban J connectivity index is 1.25.